The lowest BCUT2D eigenvalue weighted by Gasteiger charge is -2.12. The third-order valence-corrected chi connectivity index (χ3v) is 5.14. The van der Waals surface area contributed by atoms with E-state index in [9.17, 15) is 18.0 Å². The number of anilines is 2. The maximum atomic E-state index is 12.8. The van der Waals surface area contributed by atoms with E-state index in [0.717, 1.165) is 24.1 Å². The summed E-state index contributed by atoms with van der Waals surface area (Å²) in [6, 6.07) is 15.4. The molecule has 10 heteroatoms. The molecule has 1 amide bonds. The van der Waals surface area contributed by atoms with E-state index in [0.29, 0.717) is 25.3 Å². The Hall–Kier alpha value is -4.31. The Morgan fingerprint density at radius 1 is 0.838 bits per heavy atom. The van der Waals surface area contributed by atoms with Crippen LogP contribution in [-0.2, 0) is 19.0 Å². The van der Waals surface area contributed by atoms with E-state index in [4.69, 9.17) is 5.73 Å². The Labute approximate surface area is 213 Å². The zero-order valence-corrected chi connectivity index (χ0v) is 19.9. The summed E-state index contributed by atoms with van der Waals surface area (Å²) in [6.45, 7) is 1.24. The summed E-state index contributed by atoms with van der Waals surface area (Å²) in [6.07, 6.45) is 5.67. The smallest absolute Gasteiger partial charge is 0.369 e. The summed E-state index contributed by atoms with van der Waals surface area (Å²) in [5.74, 6) is -0.181. The van der Waals surface area contributed by atoms with E-state index in [1.54, 1.807) is 36.9 Å². The summed E-state index contributed by atoms with van der Waals surface area (Å²) in [5, 5.41) is 5.58. The Bertz CT molecular complexity index is 1250. The van der Waals surface area contributed by atoms with Gasteiger partial charge in [-0.15, -0.1) is 0 Å². The summed E-state index contributed by atoms with van der Waals surface area (Å²) < 4.78 is 38.5. The van der Waals surface area contributed by atoms with Gasteiger partial charge in [-0.3, -0.25) is 14.8 Å². The fourth-order valence-corrected chi connectivity index (χ4v) is 3.29. The zero-order valence-electron chi connectivity index (χ0n) is 19.9. The van der Waals surface area contributed by atoms with Crippen LogP contribution in [0.25, 0.3) is 0 Å². The first-order valence-corrected chi connectivity index (χ1v) is 11.5. The van der Waals surface area contributed by atoms with Gasteiger partial charge in [0.15, 0.2) is 0 Å². The molecule has 4 rings (SSSR count). The van der Waals surface area contributed by atoms with Gasteiger partial charge < -0.3 is 16.4 Å². The molecular weight excluding hydrogens is 481 g/mol. The van der Waals surface area contributed by atoms with Crippen molar-refractivity contribution in [1.29, 1.82) is 0 Å². The number of aromatic nitrogens is 3. The zero-order chi connectivity index (χ0) is 26.5. The Morgan fingerprint density at radius 2 is 1.49 bits per heavy atom. The highest BCUT2D eigenvalue weighted by Gasteiger charge is 2.30. The van der Waals surface area contributed by atoms with Crippen LogP contribution in [0.4, 0.5) is 24.7 Å². The number of hydrogen-bond acceptors (Lipinski definition) is 6. The largest absolute Gasteiger partial charge is 0.416 e. The summed E-state index contributed by atoms with van der Waals surface area (Å²) >= 11 is 0. The lowest BCUT2D eigenvalue weighted by Crippen LogP contribution is -2.17. The molecule has 37 heavy (non-hydrogen) atoms. The first-order valence-electron chi connectivity index (χ1n) is 11.5. The summed E-state index contributed by atoms with van der Waals surface area (Å²) in [7, 11) is 0. The number of rotatable bonds is 8. The number of benzene rings is 1. The molecule has 0 unspecified atom stereocenters. The molecule has 0 aliphatic rings. The van der Waals surface area contributed by atoms with Gasteiger partial charge in [-0.1, -0.05) is 6.07 Å². The molecule has 4 N–H and O–H groups in total. The van der Waals surface area contributed by atoms with Crippen LogP contribution >= 0.6 is 0 Å². The van der Waals surface area contributed by atoms with Crippen molar-refractivity contribution < 1.29 is 18.0 Å². The highest BCUT2D eigenvalue weighted by Crippen LogP contribution is 2.30. The van der Waals surface area contributed by atoms with Crippen LogP contribution in [0.2, 0.25) is 0 Å². The van der Waals surface area contributed by atoms with Crippen LogP contribution in [0.1, 0.15) is 27.0 Å². The molecule has 7 nitrogen and oxygen atoms in total. The average Bonchev–Trinajstić information content (AvgIpc) is 2.90. The van der Waals surface area contributed by atoms with E-state index < -0.39 is 17.6 Å². The fourth-order valence-electron chi connectivity index (χ4n) is 3.29. The second-order valence-corrected chi connectivity index (χ2v) is 7.86. The molecule has 3 aromatic heterocycles. The SMILES string of the molecule is NCCc1ccncc1.O=C(Nc1cccc(C(F)(F)F)c1)c1cccnc1NCCc1ccncc1. The third-order valence-electron chi connectivity index (χ3n) is 5.14. The number of nitrogens with two attached hydrogens (primary N) is 1. The van der Waals surface area contributed by atoms with E-state index in [1.165, 1.54) is 23.9 Å². The lowest BCUT2D eigenvalue weighted by atomic mass is 10.1. The predicted molar refractivity (Wildman–Crippen MR) is 137 cm³/mol. The first kappa shape index (κ1) is 27.3. The summed E-state index contributed by atoms with van der Waals surface area (Å²) in [5.41, 5.74) is 7.15. The van der Waals surface area contributed by atoms with E-state index in [-0.39, 0.29) is 11.3 Å². The molecule has 4 aromatic rings. The number of amides is 1. The van der Waals surface area contributed by atoms with Gasteiger partial charge in [0, 0.05) is 43.2 Å². The van der Waals surface area contributed by atoms with Gasteiger partial charge in [-0.25, -0.2) is 4.98 Å². The van der Waals surface area contributed by atoms with Crippen molar-refractivity contribution in [1.82, 2.24) is 15.0 Å². The molecular formula is C27H27F3N6O. The van der Waals surface area contributed by atoms with Crippen LogP contribution in [0, 0.1) is 0 Å². The summed E-state index contributed by atoms with van der Waals surface area (Å²) in [4.78, 5) is 24.6. The molecule has 0 saturated heterocycles. The maximum absolute atomic E-state index is 12.8. The van der Waals surface area contributed by atoms with Crippen LogP contribution in [-0.4, -0.2) is 33.9 Å². The van der Waals surface area contributed by atoms with Crippen molar-refractivity contribution in [3.05, 3.63) is 114 Å². The second kappa shape index (κ2) is 13.7. The number of nitrogens with zero attached hydrogens (tertiary/aromatic N) is 3. The van der Waals surface area contributed by atoms with Gasteiger partial charge in [-0.05, 0) is 85.1 Å². The molecule has 0 bridgehead atoms. The van der Waals surface area contributed by atoms with Crippen molar-refractivity contribution >= 4 is 17.4 Å². The fraction of sp³-hybridized carbons (Fsp3) is 0.185. The quantitative estimate of drug-likeness (QED) is 0.310. The Kier molecular flexibility index (Phi) is 10.1. The minimum absolute atomic E-state index is 0.0615. The number of alkyl halides is 3. The molecule has 3 heterocycles. The topological polar surface area (TPSA) is 106 Å². The number of carbonyl (C=O) groups is 1. The van der Waals surface area contributed by atoms with Crippen molar-refractivity contribution in [2.75, 3.05) is 23.7 Å². The highest BCUT2D eigenvalue weighted by molar-refractivity contribution is 6.07. The molecule has 0 radical (unpaired) electrons. The minimum atomic E-state index is -4.48. The standard InChI is InChI=1S/C20H17F3N4O.C7H10N2/c21-20(22,23)15-3-1-4-16(13-15)27-19(28)17-5-2-9-25-18(17)26-12-8-14-6-10-24-11-7-14;8-4-1-7-2-5-9-6-3-7/h1-7,9-11,13H,8,12H2,(H,25,26)(H,27,28);2-3,5-6H,1,4,8H2. The predicted octanol–water partition coefficient (Wildman–Crippen LogP) is 4.99. The molecule has 1 aromatic carbocycles. The van der Waals surface area contributed by atoms with E-state index in [1.807, 2.05) is 24.3 Å². The molecule has 0 spiro atoms. The van der Waals surface area contributed by atoms with Crippen LogP contribution in [0.5, 0.6) is 0 Å². The molecule has 0 fully saturated rings. The number of nitrogens with one attached hydrogen (secondary N) is 2. The van der Waals surface area contributed by atoms with Crippen molar-refractivity contribution in [2.24, 2.45) is 5.73 Å². The van der Waals surface area contributed by atoms with E-state index >= 15 is 0 Å². The molecule has 0 aliphatic heterocycles. The van der Waals surface area contributed by atoms with Gasteiger partial charge >= 0.3 is 6.18 Å². The number of hydrogen-bond donors (Lipinski definition) is 3. The van der Waals surface area contributed by atoms with Crippen LogP contribution < -0.4 is 16.4 Å². The van der Waals surface area contributed by atoms with Gasteiger partial charge in [0.1, 0.15) is 5.82 Å². The highest BCUT2D eigenvalue weighted by atomic mass is 19.4. The lowest BCUT2D eigenvalue weighted by molar-refractivity contribution is -0.137. The minimum Gasteiger partial charge on any atom is -0.369 e. The number of pyridine rings is 3. The van der Waals surface area contributed by atoms with Gasteiger partial charge in [-0.2, -0.15) is 13.2 Å². The van der Waals surface area contributed by atoms with E-state index in [2.05, 4.69) is 25.6 Å². The maximum Gasteiger partial charge on any atom is 0.416 e. The normalized spacial score (nSPS) is 10.7. The Morgan fingerprint density at radius 3 is 2.11 bits per heavy atom. The van der Waals surface area contributed by atoms with Crippen molar-refractivity contribution in [3.8, 4) is 0 Å². The van der Waals surface area contributed by atoms with Crippen molar-refractivity contribution in [3.63, 3.8) is 0 Å². The molecule has 192 valence electrons. The third kappa shape index (κ3) is 9.01. The number of carbonyl (C=O) groups excluding carboxylic acids is 1. The van der Waals surface area contributed by atoms with Gasteiger partial charge in [0.2, 0.25) is 0 Å². The molecule has 0 aliphatic carbocycles. The van der Waals surface area contributed by atoms with Crippen molar-refractivity contribution in [2.45, 2.75) is 19.0 Å². The van der Waals surface area contributed by atoms with Crippen LogP contribution in [0.3, 0.4) is 0 Å². The van der Waals surface area contributed by atoms with Gasteiger partial charge in [0.05, 0.1) is 11.1 Å². The van der Waals surface area contributed by atoms with Crippen LogP contribution in [0.15, 0.2) is 91.6 Å². The second-order valence-electron chi connectivity index (χ2n) is 7.86. The molecule has 0 atom stereocenters. The number of halogens is 3. The molecule has 0 saturated carbocycles. The Balaban J connectivity index is 0.000000356. The first-order chi connectivity index (χ1) is 17.9. The average molecular weight is 509 g/mol. The van der Waals surface area contributed by atoms with Gasteiger partial charge in [0.25, 0.3) is 5.91 Å². The monoisotopic (exact) mass is 508 g/mol.